The third kappa shape index (κ3) is 17.1. The van der Waals surface area contributed by atoms with E-state index in [0.717, 1.165) is 16.5 Å². The minimum atomic E-state index is -1.41. The molecule has 4 aromatic carbocycles. The van der Waals surface area contributed by atoms with Crippen molar-refractivity contribution in [3.63, 3.8) is 0 Å². The van der Waals surface area contributed by atoms with Gasteiger partial charge in [0.15, 0.2) is 0 Å². The first-order chi connectivity index (χ1) is 36.6. The summed E-state index contributed by atoms with van der Waals surface area (Å²) in [6, 6.07) is 20.8. The molecule has 2 heterocycles. The fraction of sp³-hybridized carbons (Fsp3) is 0.375. The minimum absolute atomic E-state index is 0.0474. The quantitative estimate of drug-likeness (QED) is 0.0427. The fourth-order valence-corrected chi connectivity index (χ4v) is 8.76. The van der Waals surface area contributed by atoms with Crippen LogP contribution in [-0.2, 0) is 59.2 Å². The predicted molar refractivity (Wildman–Crippen MR) is 286 cm³/mol. The molecule has 0 radical (unpaired) electrons. The molecule has 0 bridgehead atoms. The van der Waals surface area contributed by atoms with E-state index in [2.05, 4.69) is 42.2 Å². The number of nitrogens with one attached hydrogen (secondary N) is 8. The Morgan fingerprint density at radius 3 is 1.83 bits per heavy atom. The summed E-state index contributed by atoms with van der Waals surface area (Å²) in [6.07, 6.45) is 3.83. The molecule has 20 heteroatoms. The number of unbranched alkanes of at least 4 members (excludes halogenated alkanes) is 1. The Bertz CT molecular complexity index is 2750. The van der Waals surface area contributed by atoms with Crippen LogP contribution < -0.4 is 48.7 Å². The Morgan fingerprint density at radius 2 is 1.20 bits per heavy atom. The molecule has 404 valence electrons. The van der Waals surface area contributed by atoms with Crippen LogP contribution in [-0.4, -0.2) is 129 Å². The number of rotatable bonds is 18. The van der Waals surface area contributed by atoms with Crippen molar-refractivity contribution in [2.45, 2.75) is 119 Å². The summed E-state index contributed by atoms with van der Waals surface area (Å²) in [5.41, 5.74) is 15.6. The molecule has 20 nitrogen and oxygen atoms in total. The van der Waals surface area contributed by atoms with Crippen molar-refractivity contribution < 1.29 is 48.9 Å². The zero-order valence-electron chi connectivity index (χ0n) is 42.5. The van der Waals surface area contributed by atoms with Crippen LogP contribution in [0.3, 0.4) is 0 Å². The summed E-state index contributed by atoms with van der Waals surface area (Å²) in [5, 5.41) is 50.5. The molecule has 0 saturated heterocycles. The number of aliphatic hydroxyl groups is 2. The van der Waals surface area contributed by atoms with Crippen LogP contribution in [0.15, 0.2) is 128 Å². The zero-order chi connectivity index (χ0) is 54.6. The van der Waals surface area contributed by atoms with Crippen molar-refractivity contribution in [2.24, 2.45) is 11.5 Å². The number of aromatic amines is 1. The van der Waals surface area contributed by atoms with E-state index in [4.69, 9.17) is 11.5 Å². The first kappa shape index (κ1) is 57.4. The van der Waals surface area contributed by atoms with Crippen molar-refractivity contribution >= 4 is 52.3 Å². The third-order valence-corrected chi connectivity index (χ3v) is 13.2. The number of hydrogen-bond acceptors (Lipinski definition) is 12. The van der Waals surface area contributed by atoms with Crippen LogP contribution in [0.2, 0.25) is 0 Å². The first-order valence-corrected chi connectivity index (χ1v) is 25.5. The minimum Gasteiger partial charge on any atom is -0.508 e. The van der Waals surface area contributed by atoms with Crippen LogP contribution in [0.4, 0.5) is 0 Å². The van der Waals surface area contributed by atoms with E-state index in [-0.39, 0.29) is 57.2 Å². The average molecular weight is 1040 g/mol. The Balaban J connectivity index is 1.43. The molecule has 15 N–H and O–H groups in total. The molecule has 9 atom stereocenters. The fourth-order valence-electron chi connectivity index (χ4n) is 8.76. The van der Waals surface area contributed by atoms with Crippen molar-refractivity contribution in [3.05, 3.63) is 150 Å². The van der Waals surface area contributed by atoms with E-state index in [0.29, 0.717) is 29.5 Å². The molecular formula is C56H70N10O10. The Kier molecular flexibility index (Phi) is 21.6. The van der Waals surface area contributed by atoms with Gasteiger partial charge in [-0.1, -0.05) is 103 Å². The van der Waals surface area contributed by atoms with Crippen molar-refractivity contribution in [3.8, 4) is 5.75 Å². The van der Waals surface area contributed by atoms with Gasteiger partial charge in [-0.25, -0.2) is 0 Å². The maximum Gasteiger partial charge on any atom is 0.243 e. The van der Waals surface area contributed by atoms with Crippen molar-refractivity contribution in [1.82, 2.24) is 42.2 Å². The van der Waals surface area contributed by atoms with Gasteiger partial charge in [0.2, 0.25) is 41.4 Å². The topological polar surface area (TPSA) is 332 Å². The second kappa shape index (κ2) is 28.7. The van der Waals surface area contributed by atoms with E-state index in [1.807, 2.05) is 42.5 Å². The molecular weight excluding hydrogens is 973 g/mol. The second-order valence-corrected chi connectivity index (χ2v) is 19.1. The van der Waals surface area contributed by atoms with E-state index in [9.17, 15) is 48.9 Å². The van der Waals surface area contributed by atoms with Crippen LogP contribution in [0, 0.1) is 0 Å². The largest absolute Gasteiger partial charge is 0.508 e. The zero-order valence-corrected chi connectivity index (χ0v) is 42.5. The van der Waals surface area contributed by atoms with E-state index in [1.54, 1.807) is 60.8 Å². The summed E-state index contributed by atoms with van der Waals surface area (Å²) in [6.45, 7) is 0.992. The number of nitrogens with two attached hydrogens (primary N) is 2. The summed E-state index contributed by atoms with van der Waals surface area (Å²) in [7, 11) is 0. The number of aliphatic hydroxyl groups excluding tert-OH is 2. The number of hydrogen-bond donors (Lipinski definition) is 13. The lowest BCUT2D eigenvalue weighted by Gasteiger charge is -2.28. The highest BCUT2D eigenvalue weighted by molar-refractivity contribution is 5.98. The van der Waals surface area contributed by atoms with Crippen LogP contribution >= 0.6 is 0 Å². The van der Waals surface area contributed by atoms with Gasteiger partial charge in [0.25, 0.3) is 0 Å². The van der Waals surface area contributed by atoms with Gasteiger partial charge in [-0.2, -0.15) is 0 Å². The molecule has 5 aromatic rings. The van der Waals surface area contributed by atoms with Gasteiger partial charge >= 0.3 is 0 Å². The normalized spacial score (nSPS) is 21.8. The van der Waals surface area contributed by atoms with Gasteiger partial charge in [0.05, 0.1) is 24.8 Å². The molecule has 0 spiro atoms. The molecule has 0 aliphatic carbocycles. The Morgan fingerprint density at radius 1 is 0.658 bits per heavy atom. The lowest BCUT2D eigenvalue weighted by molar-refractivity contribution is -0.135. The Labute approximate surface area is 441 Å². The Hall–Kier alpha value is -7.91. The molecule has 1 aliphatic rings. The van der Waals surface area contributed by atoms with Gasteiger partial charge in [0, 0.05) is 36.4 Å². The van der Waals surface area contributed by atoms with Crippen LogP contribution in [0.5, 0.6) is 5.75 Å². The van der Waals surface area contributed by atoms with Gasteiger partial charge < -0.3 is 69.0 Å². The highest BCUT2D eigenvalue weighted by atomic mass is 16.3. The molecule has 0 unspecified atom stereocenters. The first-order valence-electron chi connectivity index (χ1n) is 25.5. The van der Waals surface area contributed by atoms with Crippen LogP contribution in [0.25, 0.3) is 10.9 Å². The highest BCUT2D eigenvalue weighted by Crippen LogP contribution is 2.20. The summed E-state index contributed by atoms with van der Waals surface area (Å²) in [5.74, 6) is -5.44. The van der Waals surface area contributed by atoms with Gasteiger partial charge in [0.1, 0.15) is 42.0 Å². The predicted octanol–water partition coefficient (Wildman–Crippen LogP) is 0.717. The van der Waals surface area contributed by atoms with Gasteiger partial charge in [-0.3, -0.25) is 33.6 Å². The molecule has 0 fully saturated rings. The number of H-pyrrole nitrogens is 1. The average Bonchev–Trinajstić information content (AvgIpc) is 3.82. The number of benzene rings is 4. The number of aromatic nitrogens is 1. The maximum absolute atomic E-state index is 14.9. The number of carbonyl (C=O) groups is 7. The highest BCUT2D eigenvalue weighted by Gasteiger charge is 2.35. The van der Waals surface area contributed by atoms with Gasteiger partial charge in [-0.15, -0.1) is 0 Å². The number of amides is 7. The lowest BCUT2D eigenvalue weighted by atomic mass is 10.00. The van der Waals surface area contributed by atoms with E-state index >= 15 is 0 Å². The standard InChI is InChI=1S/C56H70N10O10/c1-34(68)49(33-67)66-53(73)44-21-11-10-20-43(60-50(70)41(58)28-35-14-4-2-5-15-35)51(71)63-46(29-36-16-6-3-7-17-36)55(75)65-48(31-38-32-59-42-19-9-8-18-40(38)42)56(76)62-45(22-12-13-27-57)52(72)64-47(54(74)61-44)30-37-23-25-39(69)26-24-37/h2-11,14-19,23-26,32,34,41,43-49,59,67-69H,12-13,20-22,27-31,33,57-58H2,1H3,(H,60,70)(H,61,74)(H,62,76)(H,63,71)(H,64,72)(H,65,75)(H,66,73)/b11-10+/t34-,41-,43+,44+,45+,46+,47-,48-,49-/m1/s1. The van der Waals surface area contributed by atoms with E-state index < -0.39 is 102 Å². The summed E-state index contributed by atoms with van der Waals surface area (Å²) >= 11 is 0. The summed E-state index contributed by atoms with van der Waals surface area (Å²) in [4.78, 5) is 105. The summed E-state index contributed by atoms with van der Waals surface area (Å²) < 4.78 is 0. The number of phenols is 1. The lowest BCUT2D eigenvalue weighted by Crippen LogP contribution is -2.61. The molecule has 6 rings (SSSR count). The van der Waals surface area contributed by atoms with Crippen molar-refractivity contribution in [2.75, 3.05) is 13.2 Å². The van der Waals surface area contributed by atoms with E-state index in [1.165, 1.54) is 31.2 Å². The molecule has 7 amide bonds. The monoisotopic (exact) mass is 1040 g/mol. The second-order valence-electron chi connectivity index (χ2n) is 19.1. The number of fused-ring (bicyclic) bond motifs is 1. The van der Waals surface area contributed by atoms with Crippen molar-refractivity contribution in [1.29, 1.82) is 0 Å². The number of phenolic OH excluding ortho intramolecular Hbond substituents is 1. The third-order valence-electron chi connectivity index (χ3n) is 13.2. The smallest absolute Gasteiger partial charge is 0.243 e. The molecule has 1 aromatic heterocycles. The molecule has 1 aliphatic heterocycles. The number of aromatic hydroxyl groups is 1. The maximum atomic E-state index is 14.9. The number of para-hydroxylation sites is 1. The number of carbonyl (C=O) groups excluding carboxylic acids is 7. The van der Waals surface area contributed by atoms with Crippen LogP contribution in [0.1, 0.15) is 61.3 Å². The molecule has 0 saturated carbocycles. The molecule has 76 heavy (non-hydrogen) atoms. The SMILES string of the molecule is C[C@@H](O)[C@@H](CO)NC(=O)[C@@H]1C/C=C/C[C@H](NC(=O)[C@H](N)Cc2ccccc2)C(=O)N[C@@H](Cc2ccccc2)C(=O)N[C@H](Cc2c[nH]c3ccccc23)C(=O)N[C@@H](CCCCN)C(=O)N[C@H](Cc2ccc(O)cc2)C(=O)N1. The van der Waals surface area contributed by atoms with Gasteiger partial charge in [-0.05, 0) is 92.4 Å².